The first kappa shape index (κ1) is 26.9. The first-order chi connectivity index (χ1) is 12.3. The Morgan fingerprint density at radius 1 is 0.808 bits per heavy atom. The van der Waals surface area contributed by atoms with Crippen molar-refractivity contribution >= 4 is 17.5 Å². The molecule has 0 saturated carbocycles. The number of amides is 1. The highest BCUT2D eigenvalue weighted by atomic mass is 16.2. The molecule has 8 heteroatoms. The van der Waals surface area contributed by atoms with E-state index in [9.17, 15) is 14.4 Å². The molecule has 0 aromatic rings. The lowest BCUT2D eigenvalue weighted by Crippen LogP contribution is -2.34. The van der Waals surface area contributed by atoms with Crippen LogP contribution in [0.15, 0.2) is 0 Å². The molecule has 0 aliphatic rings. The van der Waals surface area contributed by atoms with Gasteiger partial charge in [0.05, 0.1) is 6.04 Å². The molecular weight excluding hydrogens is 334 g/mol. The maximum absolute atomic E-state index is 11.8. The largest absolute Gasteiger partial charge is 0.343 e. The minimum absolute atomic E-state index is 0.0251. The van der Waals surface area contributed by atoms with E-state index < -0.39 is 0 Å². The van der Waals surface area contributed by atoms with Crippen molar-refractivity contribution in [3.8, 4) is 0 Å². The normalized spacial score (nSPS) is 11.3. The Balaban J connectivity index is 0. The Labute approximate surface area is 158 Å². The molecule has 0 fully saturated rings. The second-order valence-electron chi connectivity index (χ2n) is 6.37. The summed E-state index contributed by atoms with van der Waals surface area (Å²) in [6.07, 6.45) is 4.88. The monoisotopic (exact) mass is 373 g/mol. The average molecular weight is 374 g/mol. The fourth-order valence-electron chi connectivity index (χ4n) is 2.08. The van der Waals surface area contributed by atoms with E-state index in [1.54, 1.807) is 4.90 Å². The average Bonchev–Trinajstić information content (AvgIpc) is 2.60. The number of unbranched alkanes of at least 4 members (excludes halogenated alkanes) is 1. The van der Waals surface area contributed by atoms with E-state index in [1.807, 2.05) is 0 Å². The van der Waals surface area contributed by atoms with Gasteiger partial charge in [0.2, 0.25) is 5.91 Å². The molecule has 0 saturated heterocycles. The lowest BCUT2D eigenvalue weighted by molar-refractivity contribution is -0.133. The number of Topliss-reactive ketones (excluding diaryl/α,β-unsaturated/α-hetero) is 2. The van der Waals surface area contributed by atoms with Gasteiger partial charge in [-0.3, -0.25) is 9.59 Å². The van der Waals surface area contributed by atoms with Crippen LogP contribution in [0.2, 0.25) is 0 Å². The summed E-state index contributed by atoms with van der Waals surface area (Å²) < 4.78 is 0. The van der Waals surface area contributed by atoms with Crippen LogP contribution < -0.4 is 22.9 Å². The molecule has 0 bridgehead atoms. The fourth-order valence-corrected chi connectivity index (χ4v) is 2.08. The van der Waals surface area contributed by atoms with Gasteiger partial charge in [0.1, 0.15) is 11.6 Å². The van der Waals surface area contributed by atoms with Gasteiger partial charge in [-0.05, 0) is 59.2 Å². The van der Waals surface area contributed by atoms with E-state index >= 15 is 0 Å². The lowest BCUT2D eigenvalue weighted by Gasteiger charge is -2.22. The van der Waals surface area contributed by atoms with Gasteiger partial charge >= 0.3 is 0 Å². The molecule has 8 nitrogen and oxygen atoms in total. The molecule has 0 heterocycles. The topological polar surface area (TPSA) is 159 Å². The quantitative estimate of drug-likeness (QED) is 0.310. The second-order valence-corrected chi connectivity index (χ2v) is 6.37. The van der Waals surface area contributed by atoms with Crippen molar-refractivity contribution in [3.63, 3.8) is 0 Å². The highest BCUT2D eigenvalue weighted by Gasteiger charge is 2.12. The van der Waals surface area contributed by atoms with E-state index in [-0.39, 0.29) is 23.5 Å². The Bertz CT molecular complexity index is 383. The highest BCUT2D eigenvalue weighted by Crippen LogP contribution is 2.01. The number of ketones is 2. The van der Waals surface area contributed by atoms with Crippen LogP contribution in [0.25, 0.3) is 0 Å². The first-order valence-electron chi connectivity index (χ1n) is 9.43. The van der Waals surface area contributed by atoms with Crippen molar-refractivity contribution in [3.05, 3.63) is 0 Å². The molecule has 26 heavy (non-hydrogen) atoms. The van der Waals surface area contributed by atoms with Gasteiger partial charge in [-0.25, -0.2) is 0 Å². The predicted molar refractivity (Wildman–Crippen MR) is 105 cm³/mol. The van der Waals surface area contributed by atoms with E-state index in [0.29, 0.717) is 45.6 Å². The predicted octanol–water partition coefficient (Wildman–Crippen LogP) is -0.0865. The van der Waals surface area contributed by atoms with Crippen molar-refractivity contribution in [2.24, 2.45) is 22.9 Å². The van der Waals surface area contributed by atoms with Gasteiger partial charge in [0, 0.05) is 25.9 Å². The van der Waals surface area contributed by atoms with E-state index in [4.69, 9.17) is 22.9 Å². The van der Waals surface area contributed by atoms with E-state index in [0.717, 1.165) is 32.1 Å². The summed E-state index contributed by atoms with van der Waals surface area (Å²) in [6.45, 7) is 6.16. The summed E-state index contributed by atoms with van der Waals surface area (Å²) in [5.74, 6) is 0.139. The van der Waals surface area contributed by atoms with E-state index in [1.165, 1.54) is 13.8 Å². The van der Waals surface area contributed by atoms with Crippen molar-refractivity contribution in [1.29, 1.82) is 0 Å². The summed E-state index contributed by atoms with van der Waals surface area (Å²) in [7, 11) is 0. The third-order valence-electron chi connectivity index (χ3n) is 3.80. The minimum atomic E-state index is -0.272. The molecule has 0 rings (SSSR count). The smallest absolute Gasteiger partial charge is 0.223 e. The van der Waals surface area contributed by atoms with Crippen LogP contribution in [0, 0.1) is 0 Å². The zero-order valence-corrected chi connectivity index (χ0v) is 16.5. The number of carbonyl (C=O) groups is 3. The van der Waals surface area contributed by atoms with Gasteiger partial charge < -0.3 is 32.6 Å². The van der Waals surface area contributed by atoms with E-state index in [2.05, 4.69) is 0 Å². The Hall–Kier alpha value is -1.35. The number of nitrogens with zero attached hydrogens (tertiary/aromatic N) is 1. The van der Waals surface area contributed by atoms with Crippen LogP contribution in [0.1, 0.15) is 58.8 Å². The van der Waals surface area contributed by atoms with Crippen LogP contribution in [-0.2, 0) is 14.4 Å². The van der Waals surface area contributed by atoms with Crippen LogP contribution in [-0.4, -0.2) is 61.1 Å². The molecule has 0 aliphatic heterocycles. The van der Waals surface area contributed by atoms with Gasteiger partial charge in [-0.2, -0.15) is 0 Å². The number of hydrogen-bond donors (Lipinski definition) is 4. The second kappa shape index (κ2) is 18.4. The summed E-state index contributed by atoms with van der Waals surface area (Å²) in [6, 6.07) is -0.272. The summed E-state index contributed by atoms with van der Waals surface area (Å²) in [5.41, 5.74) is 21.6. The fraction of sp³-hybridized carbons (Fsp3) is 0.833. The van der Waals surface area contributed by atoms with Gasteiger partial charge in [-0.1, -0.05) is 6.42 Å². The standard InChI is InChI=1S/C11H23N3O2.C7H16N2O/c1-10(15)4-5-11(16)14(8-2-6-12)9-3-7-13;1-6(10)7(9)4-2-3-5-8/h2-9,12-13H2,1H3;7H,2-5,8-9H2,1H3. The van der Waals surface area contributed by atoms with Crippen molar-refractivity contribution < 1.29 is 14.4 Å². The lowest BCUT2D eigenvalue weighted by atomic mass is 10.1. The molecule has 1 atom stereocenters. The molecule has 0 aliphatic carbocycles. The first-order valence-corrected chi connectivity index (χ1v) is 9.43. The zero-order chi connectivity index (χ0) is 20.4. The maximum Gasteiger partial charge on any atom is 0.223 e. The third kappa shape index (κ3) is 17.5. The van der Waals surface area contributed by atoms with Gasteiger partial charge in [0.25, 0.3) is 0 Å². The van der Waals surface area contributed by atoms with Gasteiger partial charge in [-0.15, -0.1) is 0 Å². The van der Waals surface area contributed by atoms with Crippen LogP contribution in [0.4, 0.5) is 0 Å². The third-order valence-corrected chi connectivity index (χ3v) is 3.80. The van der Waals surface area contributed by atoms with Crippen LogP contribution >= 0.6 is 0 Å². The number of nitrogens with two attached hydrogens (primary N) is 4. The van der Waals surface area contributed by atoms with Crippen molar-refractivity contribution in [2.75, 3.05) is 32.7 Å². The number of carbonyl (C=O) groups excluding carboxylic acids is 3. The Morgan fingerprint density at radius 2 is 1.31 bits per heavy atom. The zero-order valence-electron chi connectivity index (χ0n) is 16.5. The number of rotatable bonds is 14. The molecule has 0 spiro atoms. The Kier molecular flexibility index (Phi) is 19.1. The van der Waals surface area contributed by atoms with Gasteiger partial charge in [0.15, 0.2) is 0 Å². The molecular formula is C18H39N5O3. The summed E-state index contributed by atoms with van der Waals surface area (Å²) in [5, 5.41) is 0. The summed E-state index contributed by atoms with van der Waals surface area (Å²) in [4.78, 5) is 34.9. The number of hydrogen-bond acceptors (Lipinski definition) is 7. The molecule has 0 aromatic carbocycles. The molecule has 0 radical (unpaired) electrons. The molecule has 1 amide bonds. The van der Waals surface area contributed by atoms with Crippen LogP contribution in [0.5, 0.6) is 0 Å². The molecule has 0 aromatic heterocycles. The van der Waals surface area contributed by atoms with Crippen LogP contribution in [0.3, 0.4) is 0 Å². The minimum Gasteiger partial charge on any atom is -0.343 e. The van der Waals surface area contributed by atoms with Crippen molar-refractivity contribution in [1.82, 2.24) is 4.90 Å². The van der Waals surface area contributed by atoms with Crippen molar-refractivity contribution in [2.45, 2.75) is 64.8 Å². The molecule has 8 N–H and O–H groups in total. The maximum atomic E-state index is 11.8. The SMILES string of the molecule is CC(=O)C(N)CCCCN.CC(=O)CCC(=O)N(CCCN)CCCN. The summed E-state index contributed by atoms with van der Waals surface area (Å²) >= 11 is 0. The molecule has 154 valence electrons. The molecule has 1 unspecified atom stereocenters. The Morgan fingerprint density at radius 3 is 1.69 bits per heavy atom. The highest BCUT2D eigenvalue weighted by molar-refractivity contribution is 5.83.